The number of fused-ring (bicyclic) bond motifs is 1. The third kappa shape index (κ3) is 2.44. The third-order valence-corrected chi connectivity index (χ3v) is 6.53. The van der Waals surface area contributed by atoms with Gasteiger partial charge in [-0.25, -0.2) is 0 Å². The normalized spacial score (nSPS) is 26.8. The molecule has 4 aliphatic carbocycles. The molecule has 0 radical (unpaired) electrons. The fraction of sp³-hybridized carbons (Fsp3) is 0.429. The first kappa shape index (κ1) is 14.5. The lowest BCUT2D eigenvalue weighted by Gasteiger charge is -2.30. The van der Waals surface area contributed by atoms with Gasteiger partial charge in [-0.05, 0) is 85.3 Å². The van der Waals surface area contributed by atoms with Gasteiger partial charge in [-0.15, -0.1) is 0 Å². The maximum absolute atomic E-state index is 3.99. The summed E-state index contributed by atoms with van der Waals surface area (Å²) < 4.78 is 0. The van der Waals surface area contributed by atoms with Crippen molar-refractivity contribution in [2.45, 2.75) is 56.7 Å². The van der Waals surface area contributed by atoms with Gasteiger partial charge in [0.15, 0.2) is 0 Å². The molecule has 1 atom stereocenters. The lowest BCUT2D eigenvalue weighted by Crippen LogP contribution is -2.17. The van der Waals surface area contributed by atoms with Crippen LogP contribution in [0.2, 0.25) is 0 Å². The van der Waals surface area contributed by atoms with Gasteiger partial charge in [0.2, 0.25) is 0 Å². The van der Waals surface area contributed by atoms with Crippen LogP contribution in [-0.2, 0) is 0 Å². The molecule has 0 saturated carbocycles. The van der Waals surface area contributed by atoms with Crippen molar-refractivity contribution < 1.29 is 0 Å². The van der Waals surface area contributed by atoms with Crippen molar-refractivity contribution >= 4 is 15.9 Å². The molecule has 0 fully saturated rings. The molecule has 0 amide bonds. The van der Waals surface area contributed by atoms with Crippen molar-refractivity contribution in [2.75, 3.05) is 0 Å². The highest BCUT2D eigenvalue weighted by molar-refractivity contribution is 9.09. The number of halogens is 1. The summed E-state index contributed by atoms with van der Waals surface area (Å²) in [5, 5.41) is 0. The Morgan fingerprint density at radius 1 is 1.14 bits per heavy atom. The molecule has 0 heterocycles. The molecular formula is C21H23Br. The summed E-state index contributed by atoms with van der Waals surface area (Å²) in [6, 6.07) is 0. The molecule has 0 aliphatic heterocycles. The van der Waals surface area contributed by atoms with Crippen LogP contribution in [0.3, 0.4) is 0 Å². The second-order valence-electron chi connectivity index (χ2n) is 6.90. The van der Waals surface area contributed by atoms with Crippen molar-refractivity contribution in [3.05, 3.63) is 69.4 Å². The minimum absolute atomic E-state index is 0.461. The molecular weight excluding hydrogens is 332 g/mol. The van der Waals surface area contributed by atoms with Crippen LogP contribution in [0.1, 0.15) is 51.9 Å². The van der Waals surface area contributed by atoms with Gasteiger partial charge in [-0.2, -0.15) is 0 Å². The first-order valence-corrected chi connectivity index (χ1v) is 9.50. The van der Waals surface area contributed by atoms with Crippen molar-refractivity contribution in [2.24, 2.45) is 0 Å². The van der Waals surface area contributed by atoms with E-state index in [-0.39, 0.29) is 0 Å². The second kappa shape index (κ2) is 5.85. The van der Waals surface area contributed by atoms with Gasteiger partial charge in [0.25, 0.3) is 0 Å². The fourth-order valence-corrected chi connectivity index (χ4v) is 5.13. The Kier molecular flexibility index (Phi) is 3.86. The lowest BCUT2D eigenvalue weighted by atomic mass is 9.79. The van der Waals surface area contributed by atoms with E-state index in [0.717, 1.165) is 6.42 Å². The summed E-state index contributed by atoms with van der Waals surface area (Å²) in [6.45, 7) is 2.29. The van der Waals surface area contributed by atoms with E-state index in [1.807, 2.05) is 0 Å². The summed E-state index contributed by atoms with van der Waals surface area (Å²) in [7, 11) is 0. The van der Waals surface area contributed by atoms with E-state index in [9.17, 15) is 0 Å². The van der Waals surface area contributed by atoms with Crippen LogP contribution in [0.25, 0.3) is 0 Å². The summed E-state index contributed by atoms with van der Waals surface area (Å²) in [5.74, 6) is 0. The predicted octanol–water partition coefficient (Wildman–Crippen LogP) is 6.48. The van der Waals surface area contributed by atoms with Crippen LogP contribution < -0.4 is 0 Å². The van der Waals surface area contributed by atoms with Crippen LogP contribution in [-0.4, -0.2) is 4.83 Å². The largest absolute Gasteiger partial charge is 0.0805 e. The zero-order valence-corrected chi connectivity index (χ0v) is 14.9. The average Bonchev–Trinajstić information content (AvgIpc) is 3.14. The standard InChI is InChI=1S/C21H23Br/c1-14-12-20-19(17(14)11-10-15-6-2-3-7-15)13-16-8-4-5-9-18(16)21(20)22/h2-3,6,12-13,21H,4-5,7-11H2,1H3. The summed E-state index contributed by atoms with van der Waals surface area (Å²) >= 11 is 3.99. The Morgan fingerprint density at radius 2 is 2.00 bits per heavy atom. The van der Waals surface area contributed by atoms with E-state index in [2.05, 4.69) is 53.2 Å². The van der Waals surface area contributed by atoms with Crippen LogP contribution in [0.15, 0.2) is 69.4 Å². The van der Waals surface area contributed by atoms with Crippen molar-refractivity contribution in [1.29, 1.82) is 0 Å². The second-order valence-corrected chi connectivity index (χ2v) is 7.81. The maximum Gasteiger partial charge on any atom is 0.0616 e. The van der Waals surface area contributed by atoms with E-state index in [4.69, 9.17) is 0 Å². The zero-order chi connectivity index (χ0) is 15.1. The highest BCUT2D eigenvalue weighted by atomic mass is 79.9. The van der Waals surface area contributed by atoms with Gasteiger partial charge in [0.1, 0.15) is 0 Å². The van der Waals surface area contributed by atoms with E-state index in [1.54, 1.807) is 22.3 Å². The summed E-state index contributed by atoms with van der Waals surface area (Å²) in [5.41, 5.74) is 11.0. The highest BCUT2D eigenvalue weighted by Crippen LogP contribution is 2.47. The summed E-state index contributed by atoms with van der Waals surface area (Å²) in [4.78, 5) is 0.461. The average molecular weight is 355 g/mol. The van der Waals surface area contributed by atoms with Gasteiger partial charge < -0.3 is 0 Å². The first-order chi connectivity index (χ1) is 10.7. The molecule has 0 nitrogen and oxygen atoms in total. The zero-order valence-electron chi connectivity index (χ0n) is 13.3. The first-order valence-electron chi connectivity index (χ1n) is 8.58. The van der Waals surface area contributed by atoms with Crippen molar-refractivity contribution in [3.8, 4) is 0 Å². The monoisotopic (exact) mass is 354 g/mol. The van der Waals surface area contributed by atoms with E-state index in [0.29, 0.717) is 4.83 Å². The molecule has 0 aromatic heterocycles. The maximum atomic E-state index is 3.99. The molecule has 114 valence electrons. The van der Waals surface area contributed by atoms with Gasteiger partial charge in [-0.3, -0.25) is 0 Å². The van der Waals surface area contributed by atoms with E-state index in [1.165, 1.54) is 55.2 Å². The van der Waals surface area contributed by atoms with Gasteiger partial charge >= 0.3 is 0 Å². The number of allylic oxidation sites excluding steroid dienone is 12. The van der Waals surface area contributed by atoms with Crippen LogP contribution in [0, 0.1) is 0 Å². The molecule has 0 bridgehead atoms. The smallest absolute Gasteiger partial charge is 0.0616 e. The molecule has 1 unspecified atom stereocenters. The van der Waals surface area contributed by atoms with Gasteiger partial charge in [0, 0.05) is 0 Å². The SMILES string of the molecule is CC1=C(CCC2=CC=CC2)C2=CC3=C(CCCC3)C(Br)C2=C1. The Hall–Kier alpha value is -1.08. The minimum Gasteiger partial charge on any atom is -0.0805 e. The van der Waals surface area contributed by atoms with Crippen LogP contribution in [0.4, 0.5) is 0 Å². The highest BCUT2D eigenvalue weighted by Gasteiger charge is 2.32. The van der Waals surface area contributed by atoms with Gasteiger partial charge in [0.05, 0.1) is 4.83 Å². The molecule has 0 aromatic rings. The summed E-state index contributed by atoms with van der Waals surface area (Å²) in [6.07, 6.45) is 20.5. The van der Waals surface area contributed by atoms with Gasteiger partial charge in [-0.1, -0.05) is 51.9 Å². The molecule has 0 spiro atoms. The molecule has 0 N–H and O–H groups in total. The van der Waals surface area contributed by atoms with Crippen molar-refractivity contribution in [1.82, 2.24) is 0 Å². The Balaban J connectivity index is 1.60. The molecule has 4 aliphatic rings. The number of rotatable bonds is 3. The molecule has 0 saturated heterocycles. The predicted molar refractivity (Wildman–Crippen MR) is 98.1 cm³/mol. The number of alkyl halides is 1. The molecule has 22 heavy (non-hydrogen) atoms. The quantitative estimate of drug-likeness (QED) is 0.508. The van der Waals surface area contributed by atoms with E-state index >= 15 is 0 Å². The Bertz CT molecular complexity index is 691. The Morgan fingerprint density at radius 3 is 2.82 bits per heavy atom. The van der Waals surface area contributed by atoms with Crippen LogP contribution in [0.5, 0.6) is 0 Å². The molecule has 4 rings (SSSR count). The van der Waals surface area contributed by atoms with Crippen molar-refractivity contribution in [3.63, 3.8) is 0 Å². The third-order valence-electron chi connectivity index (χ3n) is 5.48. The number of hydrogen-bond acceptors (Lipinski definition) is 0. The molecule has 1 heteroatoms. The topological polar surface area (TPSA) is 0 Å². The molecule has 0 aromatic carbocycles. The number of hydrogen-bond donors (Lipinski definition) is 0. The minimum atomic E-state index is 0.461. The fourth-order valence-electron chi connectivity index (χ4n) is 4.23. The lowest BCUT2D eigenvalue weighted by molar-refractivity contribution is 0.668. The van der Waals surface area contributed by atoms with E-state index < -0.39 is 0 Å². The Labute approximate surface area is 142 Å². The van der Waals surface area contributed by atoms with Crippen LogP contribution >= 0.6 is 15.9 Å².